The number of rotatable bonds is 6. The van der Waals surface area contributed by atoms with Gasteiger partial charge in [-0.1, -0.05) is 26.2 Å². The Morgan fingerprint density at radius 3 is 2.47 bits per heavy atom. The summed E-state index contributed by atoms with van der Waals surface area (Å²) in [5.41, 5.74) is 1.21. The summed E-state index contributed by atoms with van der Waals surface area (Å²) in [6.45, 7) is 5.24. The summed E-state index contributed by atoms with van der Waals surface area (Å²) in [4.78, 5) is 0. The molecule has 1 atom stereocenters. The lowest BCUT2D eigenvalue weighted by Gasteiger charge is -2.29. The van der Waals surface area contributed by atoms with Crippen LogP contribution in [0.5, 0.6) is 5.75 Å². The fourth-order valence-electron chi connectivity index (χ4n) is 2.88. The predicted molar refractivity (Wildman–Crippen MR) is 81.9 cm³/mol. The van der Waals surface area contributed by atoms with E-state index >= 15 is 0 Å². The molecule has 0 amide bonds. The quantitative estimate of drug-likeness (QED) is 0.790. The van der Waals surface area contributed by atoms with Gasteiger partial charge in [0.25, 0.3) is 0 Å². The van der Waals surface area contributed by atoms with E-state index in [0.717, 1.165) is 24.7 Å². The topological polar surface area (TPSA) is 21.3 Å². The third-order valence-corrected chi connectivity index (χ3v) is 4.08. The lowest BCUT2D eigenvalue weighted by Crippen LogP contribution is -2.27. The molecule has 0 saturated heterocycles. The standard InChI is InChI=1S/C17H27NO/c1-3-13-19-17-11-9-16(10-12-17)18-14(2)15-7-5-4-6-8-15/h9-12,14-15,18H,3-8,13H2,1-2H3. The molecule has 0 spiro atoms. The molecule has 0 radical (unpaired) electrons. The fourth-order valence-corrected chi connectivity index (χ4v) is 2.88. The van der Waals surface area contributed by atoms with Crippen molar-refractivity contribution in [3.8, 4) is 5.75 Å². The van der Waals surface area contributed by atoms with Gasteiger partial charge in [0.05, 0.1) is 6.61 Å². The second-order valence-corrected chi connectivity index (χ2v) is 5.70. The molecule has 106 valence electrons. The number of hydrogen-bond donors (Lipinski definition) is 1. The average Bonchev–Trinajstić information content (AvgIpc) is 2.47. The van der Waals surface area contributed by atoms with E-state index < -0.39 is 0 Å². The maximum Gasteiger partial charge on any atom is 0.119 e. The van der Waals surface area contributed by atoms with Crippen LogP contribution >= 0.6 is 0 Å². The molecule has 0 aromatic heterocycles. The Kier molecular flexibility index (Phi) is 5.56. The molecule has 0 heterocycles. The Hall–Kier alpha value is -1.18. The highest BCUT2D eigenvalue weighted by Gasteiger charge is 2.19. The van der Waals surface area contributed by atoms with Crippen LogP contribution in [0.1, 0.15) is 52.4 Å². The van der Waals surface area contributed by atoms with Gasteiger partial charge >= 0.3 is 0 Å². The molecule has 1 aromatic rings. The lowest BCUT2D eigenvalue weighted by molar-refractivity contribution is 0.317. The molecule has 19 heavy (non-hydrogen) atoms. The molecule has 0 bridgehead atoms. The smallest absolute Gasteiger partial charge is 0.119 e. The predicted octanol–water partition coefficient (Wildman–Crippen LogP) is 4.86. The summed E-state index contributed by atoms with van der Waals surface area (Å²) in [5.74, 6) is 1.81. The van der Waals surface area contributed by atoms with Crippen LogP contribution in [0.3, 0.4) is 0 Å². The molecular weight excluding hydrogens is 234 g/mol. The third-order valence-electron chi connectivity index (χ3n) is 4.08. The molecule has 2 heteroatoms. The van der Waals surface area contributed by atoms with Gasteiger partial charge < -0.3 is 10.1 Å². The number of hydrogen-bond acceptors (Lipinski definition) is 2. The molecule has 1 fully saturated rings. The SMILES string of the molecule is CCCOc1ccc(NC(C)C2CCCCC2)cc1. The second kappa shape index (κ2) is 7.42. The van der Waals surface area contributed by atoms with Crippen LogP contribution in [0.15, 0.2) is 24.3 Å². The molecule has 1 unspecified atom stereocenters. The van der Waals surface area contributed by atoms with Crippen molar-refractivity contribution in [2.75, 3.05) is 11.9 Å². The molecule has 2 rings (SSSR count). The van der Waals surface area contributed by atoms with Crippen LogP contribution in [0.4, 0.5) is 5.69 Å². The first kappa shape index (κ1) is 14.2. The highest BCUT2D eigenvalue weighted by molar-refractivity contribution is 5.47. The van der Waals surface area contributed by atoms with E-state index in [1.165, 1.54) is 37.8 Å². The summed E-state index contributed by atoms with van der Waals surface area (Å²) in [6.07, 6.45) is 8.05. The van der Waals surface area contributed by atoms with Crippen LogP contribution in [0, 0.1) is 5.92 Å². The minimum absolute atomic E-state index is 0.572. The fraction of sp³-hybridized carbons (Fsp3) is 0.647. The maximum absolute atomic E-state index is 5.60. The van der Waals surface area contributed by atoms with Gasteiger partial charge in [0.15, 0.2) is 0 Å². The Bertz CT molecular complexity index is 354. The van der Waals surface area contributed by atoms with Crippen molar-refractivity contribution in [2.45, 2.75) is 58.4 Å². The highest BCUT2D eigenvalue weighted by atomic mass is 16.5. The zero-order chi connectivity index (χ0) is 13.5. The first-order valence-corrected chi connectivity index (χ1v) is 7.79. The molecule has 0 aliphatic heterocycles. The van der Waals surface area contributed by atoms with E-state index in [4.69, 9.17) is 4.74 Å². The second-order valence-electron chi connectivity index (χ2n) is 5.70. The first-order valence-electron chi connectivity index (χ1n) is 7.79. The Morgan fingerprint density at radius 2 is 1.84 bits per heavy atom. The van der Waals surface area contributed by atoms with Crippen molar-refractivity contribution >= 4 is 5.69 Å². The van der Waals surface area contributed by atoms with Gasteiger partial charge in [0.1, 0.15) is 5.75 Å². The summed E-state index contributed by atoms with van der Waals surface area (Å²) < 4.78 is 5.60. The summed E-state index contributed by atoms with van der Waals surface area (Å²) >= 11 is 0. The summed E-state index contributed by atoms with van der Waals surface area (Å²) in [7, 11) is 0. The van der Waals surface area contributed by atoms with Gasteiger partial charge in [-0.2, -0.15) is 0 Å². The number of anilines is 1. The van der Waals surface area contributed by atoms with Crippen molar-refractivity contribution in [3.05, 3.63) is 24.3 Å². The van der Waals surface area contributed by atoms with E-state index in [1.807, 2.05) is 0 Å². The molecular formula is C17H27NO. The normalized spacial score (nSPS) is 18.0. The summed E-state index contributed by atoms with van der Waals surface area (Å²) in [6, 6.07) is 8.95. The zero-order valence-corrected chi connectivity index (χ0v) is 12.3. The van der Waals surface area contributed by atoms with E-state index in [-0.39, 0.29) is 0 Å². The molecule has 1 aliphatic carbocycles. The van der Waals surface area contributed by atoms with Crippen molar-refractivity contribution in [3.63, 3.8) is 0 Å². The number of nitrogens with one attached hydrogen (secondary N) is 1. The Balaban J connectivity index is 1.84. The van der Waals surface area contributed by atoms with Gasteiger partial charge in [-0.3, -0.25) is 0 Å². The Labute approximate surface area is 117 Å². The van der Waals surface area contributed by atoms with E-state index in [0.29, 0.717) is 6.04 Å². The zero-order valence-electron chi connectivity index (χ0n) is 12.3. The van der Waals surface area contributed by atoms with Gasteiger partial charge in [0.2, 0.25) is 0 Å². The highest BCUT2D eigenvalue weighted by Crippen LogP contribution is 2.28. The average molecular weight is 261 g/mol. The first-order chi connectivity index (χ1) is 9.29. The molecule has 1 saturated carbocycles. The van der Waals surface area contributed by atoms with Crippen molar-refractivity contribution in [1.29, 1.82) is 0 Å². The summed E-state index contributed by atoms with van der Waals surface area (Å²) in [5, 5.41) is 3.64. The van der Waals surface area contributed by atoms with Crippen LogP contribution in [0.25, 0.3) is 0 Å². The monoisotopic (exact) mass is 261 g/mol. The minimum atomic E-state index is 0.572. The van der Waals surface area contributed by atoms with Gasteiger partial charge in [-0.15, -0.1) is 0 Å². The molecule has 1 aromatic carbocycles. The maximum atomic E-state index is 5.60. The van der Waals surface area contributed by atoms with Crippen molar-refractivity contribution in [1.82, 2.24) is 0 Å². The van der Waals surface area contributed by atoms with Gasteiger partial charge in [0, 0.05) is 11.7 Å². The number of benzene rings is 1. The minimum Gasteiger partial charge on any atom is -0.494 e. The Morgan fingerprint density at radius 1 is 1.16 bits per heavy atom. The molecule has 1 N–H and O–H groups in total. The van der Waals surface area contributed by atoms with Crippen molar-refractivity contribution in [2.24, 2.45) is 5.92 Å². The van der Waals surface area contributed by atoms with E-state index in [9.17, 15) is 0 Å². The largest absolute Gasteiger partial charge is 0.494 e. The third kappa shape index (κ3) is 4.45. The van der Waals surface area contributed by atoms with E-state index in [1.54, 1.807) is 0 Å². The van der Waals surface area contributed by atoms with Crippen LogP contribution in [-0.4, -0.2) is 12.6 Å². The molecule has 2 nitrogen and oxygen atoms in total. The van der Waals surface area contributed by atoms with E-state index in [2.05, 4.69) is 43.4 Å². The van der Waals surface area contributed by atoms with Crippen LogP contribution in [-0.2, 0) is 0 Å². The van der Waals surface area contributed by atoms with Crippen LogP contribution in [0.2, 0.25) is 0 Å². The number of ether oxygens (including phenoxy) is 1. The van der Waals surface area contributed by atoms with Crippen molar-refractivity contribution < 1.29 is 4.74 Å². The lowest BCUT2D eigenvalue weighted by atomic mass is 9.84. The van der Waals surface area contributed by atoms with Gasteiger partial charge in [-0.25, -0.2) is 0 Å². The van der Waals surface area contributed by atoms with Crippen LogP contribution < -0.4 is 10.1 Å². The van der Waals surface area contributed by atoms with Gasteiger partial charge in [-0.05, 0) is 56.4 Å². The molecule has 1 aliphatic rings.